The molecule has 0 aromatic heterocycles. The van der Waals surface area contributed by atoms with Crippen LogP contribution in [0.5, 0.6) is 0 Å². The van der Waals surface area contributed by atoms with Crippen LogP contribution in [0.3, 0.4) is 0 Å². The number of benzene rings is 3. The molecule has 1 saturated heterocycles. The van der Waals surface area contributed by atoms with Gasteiger partial charge in [0.1, 0.15) is 20.3 Å². The molecule has 0 spiro atoms. The van der Waals surface area contributed by atoms with E-state index in [0.29, 0.717) is 6.61 Å². The average Bonchev–Trinajstić information content (AvgIpc) is 2.95. The fraction of sp³-hybridized carbons (Fsp3) is 0.375. The second kappa shape index (κ2) is 14.4. The first-order valence-corrected chi connectivity index (χ1v) is 17.0. The van der Waals surface area contributed by atoms with Gasteiger partial charge in [0, 0.05) is 4.92 Å². The van der Waals surface area contributed by atoms with Crippen LogP contribution >= 0.6 is 0 Å². The highest BCUT2D eigenvalue weighted by Gasteiger charge is 2.53. The molecule has 5 atom stereocenters. The number of hydrogen-bond acceptors (Lipinski definition) is 6. The number of rotatable bonds is 11. The van der Waals surface area contributed by atoms with Crippen LogP contribution < -0.4 is 0 Å². The van der Waals surface area contributed by atoms with Crippen molar-refractivity contribution >= 4 is 8.07 Å². The molecule has 0 aliphatic carbocycles. The molecule has 4 rings (SSSR count). The Kier molecular flexibility index (Phi) is 10.6. The SMILES string of the molecule is C[Si](C)(C)C#C[C@@H]1O[C@H](COCc2ccccc2)[C@@H](OCc2ccccc2)[C@H](OCc2ccccc2)[C@H]1[N+](=O)[O-]. The van der Waals surface area contributed by atoms with E-state index in [1.807, 2.05) is 91.0 Å². The molecule has 0 bridgehead atoms. The largest absolute Gasteiger partial charge is 0.374 e. The van der Waals surface area contributed by atoms with Crippen LogP contribution in [0.4, 0.5) is 0 Å². The van der Waals surface area contributed by atoms with Crippen molar-refractivity contribution < 1.29 is 23.9 Å². The van der Waals surface area contributed by atoms with Crippen molar-refractivity contribution in [3.63, 3.8) is 0 Å². The zero-order chi connectivity index (χ0) is 28.4. The lowest BCUT2D eigenvalue weighted by molar-refractivity contribution is -0.557. The van der Waals surface area contributed by atoms with E-state index in [1.54, 1.807) is 0 Å². The summed E-state index contributed by atoms with van der Waals surface area (Å²) < 4.78 is 25.2. The van der Waals surface area contributed by atoms with E-state index in [1.165, 1.54) is 0 Å². The smallest absolute Gasteiger partial charge is 0.278 e. The number of nitrogens with zero attached hydrogens (tertiary/aromatic N) is 1. The molecule has 1 aliphatic heterocycles. The molecule has 3 aromatic carbocycles. The molecule has 1 aliphatic rings. The van der Waals surface area contributed by atoms with Gasteiger partial charge in [-0.15, -0.1) is 5.54 Å². The fourth-order valence-corrected chi connectivity index (χ4v) is 5.07. The summed E-state index contributed by atoms with van der Waals surface area (Å²) in [5.74, 6) is 3.11. The lowest BCUT2D eigenvalue weighted by Gasteiger charge is -2.41. The van der Waals surface area contributed by atoms with Crippen LogP contribution in [-0.4, -0.2) is 50.1 Å². The Balaban J connectivity index is 1.64. The monoisotopic (exact) mass is 559 g/mol. The molecule has 0 N–H and O–H groups in total. The molecular weight excluding hydrogens is 522 g/mol. The van der Waals surface area contributed by atoms with Gasteiger partial charge in [0.2, 0.25) is 0 Å². The van der Waals surface area contributed by atoms with E-state index < -0.39 is 38.5 Å². The van der Waals surface area contributed by atoms with E-state index in [0.717, 1.165) is 16.7 Å². The normalized spacial score (nSPS) is 22.7. The third-order valence-corrected chi connectivity index (χ3v) is 7.35. The Morgan fingerprint density at radius 3 is 1.73 bits per heavy atom. The molecule has 210 valence electrons. The van der Waals surface area contributed by atoms with Crippen molar-refractivity contribution in [3.8, 4) is 11.5 Å². The summed E-state index contributed by atoms with van der Waals surface area (Å²) in [7, 11) is -1.83. The second-order valence-electron chi connectivity index (χ2n) is 10.9. The minimum Gasteiger partial charge on any atom is -0.374 e. The molecule has 8 heteroatoms. The number of hydrogen-bond donors (Lipinski definition) is 0. The van der Waals surface area contributed by atoms with E-state index in [4.69, 9.17) is 18.9 Å². The summed E-state index contributed by atoms with van der Waals surface area (Å²) in [5, 5.41) is 12.5. The van der Waals surface area contributed by atoms with Crippen LogP contribution in [0.25, 0.3) is 0 Å². The number of ether oxygens (including phenoxy) is 4. The second-order valence-corrected chi connectivity index (χ2v) is 15.7. The summed E-state index contributed by atoms with van der Waals surface area (Å²) in [6.07, 6.45) is -3.23. The molecule has 0 unspecified atom stereocenters. The van der Waals surface area contributed by atoms with Crippen molar-refractivity contribution in [3.05, 3.63) is 118 Å². The molecule has 40 heavy (non-hydrogen) atoms. The van der Waals surface area contributed by atoms with Gasteiger partial charge in [0.25, 0.3) is 6.04 Å². The predicted octanol–water partition coefficient (Wildman–Crippen LogP) is 5.67. The Morgan fingerprint density at radius 1 is 0.775 bits per heavy atom. The van der Waals surface area contributed by atoms with Crippen molar-refractivity contribution in [2.75, 3.05) is 6.61 Å². The van der Waals surface area contributed by atoms with Crippen LogP contribution in [0.1, 0.15) is 16.7 Å². The molecule has 0 radical (unpaired) electrons. The van der Waals surface area contributed by atoms with E-state index >= 15 is 0 Å². The van der Waals surface area contributed by atoms with Crippen molar-refractivity contribution in [1.29, 1.82) is 0 Å². The van der Waals surface area contributed by atoms with Crippen molar-refractivity contribution in [1.82, 2.24) is 0 Å². The summed E-state index contributed by atoms with van der Waals surface area (Å²) >= 11 is 0. The van der Waals surface area contributed by atoms with Crippen LogP contribution in [0.2, 0.25) is 19.6 Å². The Hall–Kier alpha value is -3.32. The van der Waals surface area contributed by atoms with Gasteiger partial charge in [-0.1, -0.05) is 117 Å². The van der Waals surface area contributed by atoms with Gasteiger partial charge in [0.05, 0.1) is 26.4 Å². The highest BCUT2D eigenvalue weighted by atomic mass is 28.3. The standard InChI is InChI=1S/C32H37NO6Si/c1-40(2,3)20-19-28-30(33(34)35)32(38-23-27-17-11-6-12-18-27)31(37-22-26-15-9-5-10-16-26)29(39-28)24-36-21-25-13-7-4-8-14-25/h4-18,28-32H,21-24H2,1-3H3/t28-,29+,30-,31+,32+/m0/s1. The van der Waals surface area contributed by atoms with Crippen molar-refractivity contribution in [2.24, 2.45) is 0 Å². The topological polar surface area (TPSA) is 80.1 Å². The minimum atomic E-state index is -1.83. The van der Waals surface area contributed by atoms with E-state index in [2.05, 4.69) is 31.1 Å². The van der Waals surface area contributed by atoms with Gasteiger partial charge in [0.15, 0.2) is 12.2 Å². The van der Waals surface area contributed by atoms with Gasteiger partial charge in [-0.05, 0) is 16.7 Å². The molecule has 7 nitrogen and oxygen atoms in total. The Morgan fingerprint density at radius 2 is 1.25 bits per heavy atom. The third-order valence-electron chi connectivity index (χ3n) is 6.46. The molecule has 1 heterocycles. The maximum absolute atomic E-state index is 12.5. The van der Waals surface area contributed by atoms with Crippen LogP contribution in [0.15, 0.2) is 91.0 Å². The Bertz CT molecular complexity index is 1260. The lowest BCUT2D eigenvalue weighted by atomic mass is 9.92. The summed E-state index contributed by atoms with van der Waals surface area (Å²) in [6.45, 7) is 7.30. The average molecular weight is 560 g/mol. The highest BCUT2D eigenvalue weighted by molar-refractivity contribution is 6.83. The first-order valence-electron chi connectivity index (χ1n) is 13.5. The summed E-state index contributed by atoms with van der Waals surface area (Å²) in [5.41, 5.74) is 6.16. The first kappa shape index (κ1) is 29.7. The third kappa shape index (κ3) is 8.85. The lowest BCUT2D eigenvalue weighted by Crippen LogP contribution is -2.62. The van der Waals surface area contributed by atoms with E-state index in [9.17, 15) is 10.1 Å². The summed E-state index contributed by atoms with van der Waals surface area (Å²) in [4.78, 5) is 12.2. The van der Waals surface area contributed by atoms with Crippen LogP contribution in [-0.2, 0) is 38.8 Å². The van der Waals surface area contributed by atoms with Gasteiger partial charge >= 0.3 is 0 Å². The van der Waals surface area contributed by atoms with Crippen LogP contribution in [0, 0.1) is 21.6 Å². The predicted molar refractivity (Wildman–Crippen MR) is 157 cm³/mol. The highest BCUT2D eigenvalue weighted by Crippen LogP contribution is 2.30. The van der Waals surface area contributed by atoms with Gasteiger partial charge in [-0.2, -0.15) is 0 Å². The minimum absolute atomic E-state index is 0.176. The molecular formula is C32H37NO6Si. The number of nitro groups is 1. The fourth-order valence-electron chi connectivity index (χ4n) is 4.49. The summed E-state index contributed by atoms with van der Waals surface area (Å²) in [6, 6.07) is 28.0. The molecule has 3 aromatic rings. The first-order chi connectivity index (χ1) is 19.3. The zero-order valence-corrected chi connectivity index (χ0v) is 24.3. The maximum atomic E-state index is 12.5. The zero-order valence-electron chi connectivity index (χ0n) is 23.3. The quantitative estimate of drug-likeness (QED) is 0.130. The van der Waals surface area contributed by atoms with Crippen molar-refractivity contribution in [2.45, 2.75) is 69.9 Å². The Labute approximate surface area is 237 Å². The molecule has 1 fully saturated rings. The van der Waals surface area contributed by atoms with Gasteiger partial charge < -0.3 is 18.9 Å². The van der Waals surface area contributed by atoms with E-state index in [-0.39, 0.29) is 24.7 Å². The molecule has 0 amide bonds. The maximum Gasteiger partial charge on any atom is 0.278 e. The molecule has 0 saturated carbocycles. The van der Waals surface area contributed by atoms with Gasteiger partial charge in [-0.3, -0.25) is 10.1 Å². The van der Waals surface area contributed by atoms with Gasteiger partial charge in [-0.25, -0.2) is 0 Å².